The quantitative estimate of drug-likeness (QED) is 0.134. The number of primary amides is 1. The van der Waals surface area contributed by atoms with Gasteiger partial charge in [-0.2, -0.15) is 0 Å². The number of carbonyl (C=O) groups excluding carboxylic acids is 4. The minimum atomic E-state index is -0.724. The number of nitrogens with one attached hydrogen (secondary N) is 2. The Labute approximate surface area is 255 Å². The number of amides is 4. The lowest BCUT2D eigenvalue weighted by molar-refractivity contribution is -0.141. The fourth-order valence-electron chi connectivity index (χ4n) is 4.89. The first-order valence-electron chi connectivity index (χ1n) is 14.9. The van der Waals surface area contributed by atoms with E-state index in [2.05, 4.69) is 10.6 Å². The monoisotopic (exact) mass is 606 g/mol. The maximum absolute atomic E-state index is 13.1. The van der Waals surface area contributed by atoms with Gasteiger partial charge in [0.15, 0.2) is 0 Å². The molecule has 1 aliphatic rings. The van der Waals surface area contributed by atoms with Gasteiger partial charge in [0, 0.05) is 19.0 Å². The maximum Gasteiger partial charge on any atom is 0.246 e. The molecule has 1 heterocycles. The molecule has 0 bridgehead atoms. The second-order valence-corrected chi connectivity index (χ2v) is 12.2. The number of nitrogens with two attached hydrogens (primary N) is 1. The number of carbonyl (C=O) groups is 4. The number of aliphatic hydroxyl groups excluding tert-OH is 1. The number of rotatable bonds is 19. The molecule has 242 valence electrons. The topological polar surface area (TPSA) is 170 Å². The minimum absolute atomic E-state index is 0.0780. The molecule has 1 aliphatic heterocycles. The van der Waals surface area contributed by atoms with Crippen molar-refractivity contribution in [3.05, 3.63) is 35.4 Å². The molecule has 2 rings (SSSR count). The summed E-state index contributed by atoms with van der Waals surface area (Å²) in [6, 6.07) is 6.83. The molecule has 1 fully saturated rings. The average molecular weight is 607 g/mol. The molecule has 1 saturated heterocycles. The highest BCUT2D eigenvalue weighted by Crippen LogP contribution is 2.25. The first kappa shape index (κ1) is 36.1. The molecule has 1 aromatic carbocycles. The van der Waals surface area contributed by atoms with Crippen LogP contribution in [-0.2, 0) is 46.4 Å². The Morgan fingerprint density at radius 3 is 2.35 bits per heavy atom. The number of likely N-dealkylation sites (tertiary alicyclic amines) is 1. The fraction of sp³-hybridized carbons (Fsp3) is 0.677. The van der Waals surface area contributed by atoms with Crippen LogP contribution in [0.25, 0.3) is 0 Å². The Morgan fingerprint density at radius 2 is 1.77 bits per heavy atom. The highest BCUT2D eigenvalue weighted by molar-refractivity contribution is 5.89. The molecule has 4 amide bonds. The molecule has 43 heavy (non-hydrogen) atoms. The van der Waals surface area contributed by atoms with Crippen LogP contribution in [0.1, 0.15) is 65.0 Å². The molecule has 0 spiro atoms. The van der Waals surface area contributed by atoms with E-state index in [1.807, 2.05) is 58.9 Å². The zero-order valence-electron chi connectivity index (χ0n) is 26.2. The number of benzene rings is 1. The number of hydrogen-bond acceptors (Lipinski definition) is 8. The SMILES string of the molecule is C[C@@H]1C[C@@H](O)CN1C(=O)[C@@H](NC(=O)COCCOCCc1ccc(CO[C@H](C)[C@H](CCC(N)=O)NC=O)cc1)C(C)(C)C. The van der Waals surface area contributed by atoms with Crippen molar-refractivity contribution in [1.29, 1.82) is 0 Å². The van der Waals surface area contributed by atoms with Crippen LogP contribution in [0.15, 0.2) is 24.3 Å². The Morgan fingerprint density at radius 1 is 1.12 bits per heavy atom. The summed E-state index contributed by atoms with van der Waals surface area (Å²) < 4.78 is 17.0. The van der Waals surface area contributed by atoms with E-state index in [0.29, 0.717) is 45.5 Å². The van der Waals surface area contributed by atoms with Crippen molar-refractivity contribution in [3.63, 3.8) is 0 Å². The second kappa shape index (κ2) is 17.9. The van der Waals surface area contributed by atoms with E-state index in [1.54, 1.807) is 4.90 Å². The van der Waals surface area contributed by atoms with Crippen LogP contribution >= 0.6 is 0 Å². The largest absolute Gasteiger partial charge is 0.391 e. The number of ether oxygens (including phenoxy) is 3. The predicted molar refractivity (Wildman–Crippen MR) is 161 cm³/mol. The van der Waals surface area contributed by atoms with Gasteiger partial charge in [0.25, 0.3) is 0 Å². The third kappa shape index (κ3) is 13.0. The molecule has 1 aromatic rings. The van der Waals surface area contributed by atoms with Gasteiger partial charge < -0.3 is 40.6 Å². The number of nitrogens with zero attached hydrogens (tertiary/aromatic N) is 1. The third-order valence-corrected chi connectivity index (χ3v) is 7.48. The Hall–Kier alpha value is -3.06. The lowest BCUT2D eigenvalue weighted by Crippen LogP contribution is -2.56. The smallest absolute Gasteiger partial charge is 0.246 e. The Bertz CT molecular complexity index is 1030. The van der Waals surface area contributed by atoms with Crippen molar-refractivity contribution < 1.29 is 38.5 Å². The van der Waals surface area contributed by atoms with E-state index >= 15 is 0 Å². The van der Waals surface area contributed by atoms with Crippen molar-refractivity contribution in [3.8, 4) is 0 Å². The standard InChI is InChI=1S/C31H50N4O8/c1-21-16-25(37)17-35(21)30(40)29(31(3,4)5)34-28(39)19-42-15-14-41-13-12-23-6-8-24(9-7-23)18-43-22(2)26(33-20-36)10-11-27(32)38/h6-9,20-22,25-26,29,37H,10-19H2,1-5H3,(H2,32,38)(H,33,36)(H,34,39)/t21-,22-,25-,26+,29-/m1/s1. The van der Waals surface area contributed by atoms with E-state index in [9.17, 15) is 24.3 Å². The molecule has 12 heteroatoms. The van der Waals surface area contributed by atoms with Gasteiger partial charge in [-0.25, -0.2) is 0 Å². The van der Waals surface area contributed by atoms with Gasteiger partial charge in [0.2, 0.25) is 24.1 Å². The molecular weight excluding hydrogens is 556 g/mol. The molecule has 0 radical (unpaired) electrons. The summed E-state index contributed by atoms with van der Waals surface area (Å²) in [5.74, 6) is -0.990. The second-order valence-electron chi connectivity index (χ2n) is 12.2. The number of hydrogen-bond donors (Lipinski definition) is 4. The summed E-state index contributed by atoms with van der Waals surface area (Å²) in [5.41, 5.74) is 6.78. The minimum Gasteiger partial charge on any atom is -0.391 e. The summed E-state index contributed by atoms with van der Waals surface area (Å²) in [5, 5.41) is 15.4. The molecule has 0 saturated carbocycles. The van der Waals surface area contributed by atoms with Crippen LogP contribution in [0.5, 0.6) is 0 Å². The molecule has 0 aliphatic carbocycles. The summed E-state index contributed by atoms with van der Waals surface area (Å²) in [4.78, 5) is 49.2. The fourth-order valence-corrected chi connectivity index (χ4v) is 4.89. The maximum atomic E-state index is 13.1. The highest BCUT2D eigenvalue weighted by Gasteiger charge is 2.40. The first-order valence-corrected chi connectivity index (χ1v) is 14.9. The zero-order valence-corrected chi connectivity index (χ0v) is 26.2. The molecule has 0 unspecified atom stereocenters. The lowest BCUT2D eigenvalue weighted by atomic mass is 9.85. The van der Waals surface area contributed by atoms with Gasteiger partial charge >= 0.3 is 0 Å². The van der Waals surface area contributed by atoms with E-state index in [1.165, 1.54) is 0 Å². The van der Waals surface area contributed by atoms with E-state index in [0.717, 1.165) is 11.1 Å². The summed E-state index contributed by atoms with van der Waals surface area (Å²) in [7, 11) is 0. The van der Waals surface area contributed by atoms with Crippen molar-refractivity contribution in [2.45, 2.75) is 97.2 Å². The van der Waals surface area contributed by atoms with Crippen molar-refractivity contribution >= 4 is 24.1 Å². The number of β-amino-alcohol motifs (C(OH)–C–C–N with tert-alkyl or cyclic N) is 1. The summed E-state index contributed by atoms with van der Waals surface area (Å²) in [6.07, 6.45) is 1.59. The van der Waals surface area contributed by atoms with E-state index in [4.69, 9.17) is 19.9 Å². The predicted octanol–water partition coefficient (Wildman–Crippen LogP) is 1.06. The summed E-state index contributed by atoms with van der Waals surface area (Å²) >= 11 is 0. The molecule has 12 nitrogen and oxygen atoms in total. The molecular formula is C31H50N4O8. The van der Waals surface area contributed by atoms with E-state index < -0.39 is 23.5 Å². The lowest BCUT2D eigenvalue weighted by Gasteiger charge is -2.35. The Kier molecular flexibility index (Phi) is 15.1. The van der Waals surface area contributed by atoms with Gasteiger partial charge in [0.1, 0.15) is 12.6 Å². The van der Waals surface area contributed by atoms with E-state index in [-0.39, 0.29) is 56.2 Å². The van der Waals surface area contributed by atoms with Crippen LogP contribution < -0.4 is 16.4 Å². The Balaban J connectivity index is 1.64. The van der Waals surface area contributed by atoms with Crippen molar-refractivity contribution in [1.82, 2.24) is 15.5 Å². The highest BCUT2D eigenvalue weighted by atomic mass is 16.5. The van der Waals surface area contributed by atoms with Gasteiger partial charge in [-0.1, -0.05) is 45.0 Å². The van der Waals surface area contributed by atoms with Crippen LogP contribution in [0, 0.1) is 5.41 Å². The van der Waals surface area contributed by atoms with Gasteiger partial charge in [0.05, 0.1) is 44.7 Å². The van der Waals surface area contributed by atoms with Crippen LogP contribution in [0.4, 0.5) is 0 Å². The first-order chi connectivity index (χ1) is 20.3. The molecule has 0 aromatic heterocycles. The zero-order chi connectivity index (χ0) is 32.0. The molecule has 5 atom stereocenters. The summed E-state index contributed by atoms with van der Waals surface area (Å²) in [6.45, 7) is 10.9. The van der Waals surface area contributed by atoms with Gasteiger partial charge in [-0.15, -0.1) is 0 Å². The van der Waals surface area contributed by atoms with Crippen molar-refractivity contribution in [2.24, 2.45) is 11.1 Å². The van der Waals surface area contributed by atoms with Crippen molar-refractivity contribution in [2.75, 3.05) is 33.0 Å². The van der Waals surface area contributed by atoms with Gasteiger partial charge in [-0.3, -0.25) is 19.2 Å². The normalized spacial score (nSPS) is 19.0. The van der Waals surface area contributed by atoms with Crippen LogP contribution in [-0.4, -0.2) is 97.4 Å². The third-order valence-electron chi connectivity index (χ3n) is 7.48. The molecule has 5 N–H and O–H groups in total. The average Bonchev–Trinajstić information content (AvgIpc) is 3.29. The van der Waals surface area contributed by atoms with Crippen LogP contribution in [0.2, 0.25) is 0 Å². The van der Waals surface area contributed by atoms with Gasteiger partial charge in [-0.05, 0) is 49.7 Å². The number of aliphatic hydroxyl groups is 1. The van der Waals surface area contributed by atoms with Crippen LogP contribution in [0.3, 0.4) is 0 Å².